The van der Waals surface area contributed by atoms with E-state index in [1.54, 1.807) is 0 Å². The molecule has 0 atom stereocenters. The Kier molecular flexibility index (Phi) is 6.04. The molecule has 7 aromatic carbocycles. The van der Waals surface area contributed by atoms with Crippen LogP contribution in [-0.2, 0) is 5.41 Å². The highest BCUT2D eigenvalue weighted by molar-refractivity contribution is 5.96. The van der Waals surface area contributed by atoms with Gasteiger partial charge in [0, 0.05) is 27.6 Å². The molecule has 0 amide bonds. The lowest BCUT2D eigenvalue weighted by molar-refractivity contribution is 0.434. The van der Waals surface area contributed by atoms with Crippen LogP contribution in [0.5, 0.6) is 11.5 Å². The average molecular weight is 589 g/mol. The number of rotatable bonds is 4. The first-order chi connectivity index (χ1) is 22.8. The molecule has 0 aliphatic carbocycles. The van der Waals surface area contributed by atoms with Crippen molar-refractivity contribution in [3.63, 3.8) is 0 Å². The Labute approximate surface area is 267 Å². The lowest BCUT2D eigenvalue weighted by Gasteiger charge is -2.41. The van der Waals surface area contributed by atoms with Gasteiger partial charge in [-0.05, 0) is 46.2 Å². The number of hydrogen-bond donors (Lipinski definition) is 0. The molecule has 0 radical (unpaired) electrons. The number of hydrogen-bond acceptors (Lipinski definition) is 3. The maximum absolute atomic E-state index is 6.73. The molecule has 3 nitrogen and oxygen atoms in total. The first kappa shape index (κ1) is 26.4. The van der Waals surface area contributed by atoms with Gasteiger partial charge >= 0.3 is 0 Å². The molecule has 0 bridgehead atoms. The quantitative estimate of drug-likeness (QED) is 0.205. The molecule has 9 rings (SSSR count). The van der Waals surface area contributed by atoms with Crippen molar-refractivity contribution in [3.8, 4) is 34.1 Å². The third-order valence-electron chi connectivity index (χ3n) is 9.19. The molecule has 0 spiro atoms. The van der Waals surface area contributed by atoms with Crippen LogP contribution in [0.4, 0.5) is 0 Å². The first-order valence-electron chi connectivity index (χ1n) is 15.6. The van der Waals surface area contributed by atoms with Gasteiger partial charge in [0.15, 0.2) is 5.82 Å². The normalized spacial score (nSPS) is 13.1. The Morgan fingerprint density at radius 1 is 0.435 bits per heavy atom. The number of nitrogens with zero attached hydrogens (tertiary/aromatic N) is 2. The van der Waals surface area contributed by atoms with E-state index in [1.165, 1.54) is 21.9 Å². The molecule has 1 aliphatic rings. The summed E-state index contributed by atoms with van der Waals surface area (Å²) in [4.78, 5) is 10.3. The van der Waals surface area contributed by atoms with E-state index in [0.29, 0.717) is 5.82 Å². The van der Waals surface area contributed by atoms with E-state index >= 15 is 0 Å². The molecular weight excluding hydrogens is 560 g/mol. The Bertz CT molecular complexity index is 2360. The van der Waals surface area contributed by atoms with Gasteiger partial charge in [-0.3, -0.25) is 0 Å². The lowest BCUT2D eigenvalue weighted by atomic mass is 9.63. The summed E-state index contributed by atoms with van der Waals surface area (Å²) in [6.07, 6.45) is 0. The molecule has 3 heteroatoms. The van der Waals surface area contributed by atoms with Gasteiger partial charge in [-0.2, -0.15) is 0 Å². The molecule has 1 aromatic heterocycles. The minimum absolute atomic E-state index is 0.564. The Hall–Kier alpha value is -6.06. The largest absolute Gasteiger partial charge is 0.457 e. The average Bonchev–Trinajstić information content (AvgIpc) is 3.13. The van der Waals surface area contributed by atoms with Gasteiger partial charge in [0.1, 0.15) is 11.5 Å². The summed E-state index contributed by atoms with van der Waals surface area (Å²) in [5, 5.41) is 3.41. The van der Waals surface area contributed by atoms with Gasteiger partial charge in [0.2, 0.25) is 0 Å². The minimum atomic E-state index is -0.564. The van der Waals surface area contributed by atoms with E-state index < -0.39 is 5.41 Å². The fourth-order valence-electron chi connectivity index (χ4n) is 7.11. The monoisotopic (exact) mass is 588 g/mol. The minimum Gasteiger partial charge on any atom is -0.457 e. The van der Waals surface area contributed by atoms with E-state index in [2.05, 4.69) is 152 Å². The van der Waals surface area contributed by atoms with Crippen LogP contribution in [0, 0.1) is 0 Å². The predicted octanol–water partition coefficient (Wildman–Crippen LogP) is 10.6. The van der Waals surface area contributed by atoms with E-state index in [1.807, 2.05) is 18.2 Å². The second kappa shape index (κ2) is 10.5. The van der Waals surface area contributed by atoms with Crippen molar-refractivity contribution in [2.45, 2.75) is 5.41 Å². The van der Waals surface area contributed by atoms with Crippen LogP contribution in [0.3, 0.4) is 0 Å². The summed E-state index contributed by atoms with van der Waals surface area (Å²) in [5.74, 6) is 2.31. The van der Waals surface area contributed by atoms with Crippen molar-refractivity contribution in [2.75, 3.05) is 0 Å². The summed E-state index contributed by atoms with van der Waals surface area (Å²) in [6, 6.07) is 59.5. The smallest absolute Gasteiger partial charge is 0.160 e. The van der Waals surface area contributed by atoms with E-state index in [9.17, 15) is 0 Å². The van der Waals surface area contributed by atoms with Crippen LogP contribution in [-0.4, -0.2) is 9.97 Å². The van der Waals surface area contributed by atoms with Crippen LogP contribution < -0.4 is 4.74 Å². The number of fused-ring (bicyclic) bond motifs is 4. The maximum Gasteiger partial charge on any atom is 0.160 e. The van der Waals surface area contributed by atoms with Gasteiger partial charge < -0.3 is 4.74 Å². The van der Waals surface area contributed by atoms with Crippen molar-refractivity contribution < 1.29 is 4.74 Å². The highest BCUT2D eigenvalue weighted by Crippen LogP contribution is 2.55. The van der Waals surface area contributed by atoms with Crippen molar-refractivity contribution in [3.05, 3.63) is 192 Å². The Balaban J connectivity index is 1.27. The van der Waals surface area contributed by atoms with Crippen LogP contribution in [0.15, 0.2) is 170 Å². The SMILES string of the molecule is c1ccc(C2(c3ccccc3)c3ccccc3Oc3cc(-c4nc(-c5ccc6ccccc6c5)c5ccccc5n4)ccc32)cc1. The van der Waals surface area contributed by atoms with Crippen molar-refractivity contribution in [1.29, 1.82) is 0 Å². The van der Waals surface area contributed by atoms with Crippen LogP contribution in [0.25, 0.3) is 44.3 Å². The molecule has 216 valence electrons. The summed E-state index contributed by atoms with van der Waals surface area (Å²) in [5.41, 5.74) is 7.80. The summed E-state index contributed by atoms with van der Waals surface area (Å²) >= 11 is 0. The van der Waals surface area contributed by atoms with Gasteiger partial charge in [0.25, 0.3) is 0 Å². The number of benzene rings is 7. The molecule has 46 heavy (non-hydrogen) atoms. The van der Waals surface area contributed by atoms with E-state index in [0.717, 1.165) is 50.3 Å². The Morgan fingerprint density at radius 3 is 1.87 bits per heavy atom. The summed E-state index contributed by atoms with van der Waals surface area (Å²) in [6.45, 7) is 0. The van der Waals surface area contributed by atoms with Gasteiger partial charge in [-0.25, -0.2) is 9.97 Å². The highest BCUT2D eigenvalue weighted by atomic mass is 16.5. The summed E-state index contributed by atoms with van der Waals surface area (Å²) < 4.78 is 6.73. The van der Waals surface area contributed by atoms with Crippen molar-refractivity contribution in [2.24, 2.45) is 0 Å². The summed E-state index contributed by atoms with van der Waals surface area (Å²) in [7, 11) is 0. The number of para-hydroxylation sites is 2. The molecule has 8 aromatic rings. The standard InChI is InChI=1S/C43H28N2O/c1-3-15-33(16-4-1)43(34-17-5-2-6-18-34)36-20-10-12-22-39(36)46-40-28-32(25-26-37(40)43)42-44-38-21-11-9-19-35(38)41(45-42)31-24-23-29-13-7-8-14-30(29)27-31/h1-28H. The fraction of sp³-hybridized carbons (Fsp3) is 0.0233. The fourth-order valence-corrected chi connectivity index (χ4v) is 7.11. The molecule has 2 heterocycles. The molecule has 0 saturated heterocycles. The first-order valence-corrected chi connectivity index (χ1v) is 15.6. The molecule has 0 unspecified atom stereocenters. The maximum atomic E-state index is 6.73. The van der Waals surface area contributed by atoms with Gasteiger partial charge in [0.05, 0.1) is 16.6 Å². The van der Waals surface area contributed by atoms with Crippen LogP contribution in [0.2, 0.25) is 0 Å². The van der Waals surface area contributed by atoms with Crippen LogP contribution in [0.1, 0.15) is 22.3 Å². The zero-order chi connectivity index (χ0) is 30.5. The number of aromatic nitrogens is 2. The highest BCUT2D eigenvalue weighted by Gasteiger charge is 2.45. The lowest BCUT2D eigenvalue weighted by Crippen LogP contribution is -2.34. The van der Waals surface area contributed by atoms with Crippen molar-refractivity contribution in [1.82, 2.24) is 9.97 Å². The predicted molar refractivity (Wildman–Crippen MR) is 186 cm³/mol. The van der Waals surface area contributed by atoms with Gasteiger partial charge in [-0.15, -0.1) is 0 Å². The number of ether oxygens (including phenoxy) is 1. The van der Waals surface area contributed by atoms with Crippen LogP contribution >= 0.6 is 0 Å². The molecule has 0 saturated carbocycles. The second-order valence-electron chi connectivity index (χ2n) is 11.8. The third-order valence-corrected chi connectivity index (χ3v) is 9.19. The zero-order valence-corrected chi connectivity index (χ0v) is 25.0. The topological polar surface area (TPSA) is 35.0 Å². The Morgan fingerprint density at radius 2 is 1.07 bits per heavy atom. The zero-order valence-electron chi connectivity index (χ0n) is 25.0. The third kappa shape index (κ3) is 4.06. The van der Waals surface area contributed by atoms with Crippen molar-refractivity contribution >= 4 is 21.7 Å². The van der Waals surface area contributed by atoms with E-state index in [4.69, 9.17) is 14.7 Å². The second-order valence-corrected chi connectivity index (χ2v) is 11.8. The molecule has 0 N–H and O–H groups in total. The van der Waals surface area contributed by atoms with E-state index in [-0.39, 0.29) is 0 Å². The molecule has 1 aliphatic heterocycles. The van der Waals surface area contributed by atoms with Gasteiger partial charge in [-0.1, -0.05) is 146 Å². The molecule has 0 fully saturated rings. The molecular formula is C43H28N2O.